The minimum absolute atomic E-state index is 0.0361. The lowest BCUT2D eigenvalue weighted by Crippen LogP contribution is -2.51. The lowest BCUT2D eigenvalue weighted by atomic mass is 9.91. The molecule has 4 aromatic rings. The summed E-state index contributed by atoms with van der Waals surface area (Å²) in [5.41, 5.74) is 3.55. The summed E-state index contributed by atoms with van der Waals surface area (Å²) in [5, 5.41) is 21.7. The number of rotatable bonds is 8. The van der Waals surface area contributed by atoms with Gasteiger partial charge in [0.2, 0.25) is 11.8 Å². The van der Waals surface area contributed by atoms with Crippen LogP contribution in [-0.2, 0) is 19.1 Å². The van der Waals surface area contributed by atoms with Crippen LogP contribution in [0.15, 0.2) is 97.1 Å². The molecule has 0 aliphatic carbocycles. The van der Waals surface area contributed by atoms with Crippen LogP contribution in [0.25, 0.3) is 0 Å². The molecule has 2 amide bonds. The van der Waals surface area contributed by atoms with Crippen LogP contribution in [0.2, 0.25) is 20.1 Å². The summed E-state index contributed by atoms with van der Waals surface area (Å²) in [6.45, 7) is 3.32. The predicted octanol–water partition coefficient (Wildman–Crippen LogP) is 8.03. The molecule has 2 fully saturated rings. The lowest BCUT2D eigenvalue weighted by molar-refractivity contribution is -0.164. The molecule has 50 heavy (non-hydrogen) atoms. The molecule has 6 atom stereocenters. The fraction of sp³-hybridized carbons (Fsp3) is 0.316. The summed E-state index contributed by atoms with van der Waals surface area (Å²) in [5.74, 6) is -0.306. The van der Waals surface area contributed by atoms with E-state index < -0.39 is 0 Å². The number of halogens is 4. The van der Waals surface area contributed by atoms with E-state index in [9.17, 15) is 19.8 Å². The molecule has 6 rings (SSSR count). The number of aliphatic hydroxyl groups excluding tert-OH is 2. The maximum atomic E-state index is 12.5. The second-order valence-electron chi connectivity index (χ2n) is 12.2. The highest BCUT2D eigenvalue weighted by molar-refractivity contribution is 6.31. The van der Waals surface area contributed by atoms with E-state index in [0.717, 1.165) is 22.3 Å². The van der Waals surface area contributed by atoms with Gasteiger partial charge < -0.3 is 29.5 Å². The molecule has 2 N–H and O–H groups in total. The average Bonchev–Trinajstić information content (AvgIpc) is 3.11. The summed E-state index contributed by atoms with van der Waals surface area (Å²) in [4.78, 5) is 28.4. The SMILES string of the molecule is C[C@@H](CO)N1C(=O)CO[C@H](c2cccc(Cl)c2)[C@H]1c1ccc(Cl)cc1.C[C@H](CO)N1C(=O)COC(c2cccc(Cl)c2)[C@H]1c1ccc(Cl)cc1. The highest BCUT2D eigenvalue weighted by Gasteiger charge is 2.42. The fourth-order valence-electron chi connectivity index (χ4n) is 6.39. The molecule has 8 nitrogen and oxygen atoms in total. The molecule has 0 saturated carbocycles. The van der Waals surface area contributed by atoms with Gasteiger partial charge in [-0.2, -0.15) is 0 Å². The number of hydrogen-bond acceptors (Lipinski definition) is 6. The number of benzene rings is 4. The summed E-state index contributed by atoms with van der Waals surface area (Å²) < 4.78 is 11.8. The molecule has 2 saturated heterocycles. The summed E-state index contributed by atoms with van der Waals surface area (Å²) in [6.07, 6.45) is -0.766. The maximum absolute atomic E-state index is 12.5. The molecular weight excluding hydrogens is 722 g/mol. The van der Waals surface area contributed by atoms with Gasteiger partial charge >= 0.3 is 0 Å². The average molecular weight is 761 g/mol. The first kappa shape index (κ1) is 38.1. The first-order valence-corrected chi connectivity index (χ1v) is 17.6. The Bertz CT molecular complexity index is 1630. The zero-order valence-electron chi connectivity index (χ0n) is 27.5. The largest absolute Gasteiger partial charge is 0.394 e. The molecule has 0 radical (unpaired) electrons. The van der Waals surface area contributed by atoms with E-state index in [1.807, 2.05) is 74.5 Å². The number of nitrogens with zero attached hydrogens (tertiary/aromatic N) is 2. The van der Waals surface area contributed by atoms with Crippen LogP contribution in [-0.4, -0.2) is 70.3 Å². The standard InChI is InChI=1S/2C19H19Cl2NO3/c2*1-12(10-23)22-17(24)11-25-19(14-3-2-4-16(21)9-14)18(22)13-5-7-15(20)8-6-13/h2*2-9,12,18-19,23H,10-11H2,1H3/t12-,18+,19+;12-,18-,19?/m01/s1. The number of hydrogen-bond donors (Lipinski definition) is 2. The Morgan fingerprint density at radius 3 is 1.26 bits per heavy atom. The van der Waals surface area contributed by atoms with Gasteiger partial charge in [0, 0.05) is 20.1 Å². The van der Waals surface area contributed by atoms with E-state index in [1.165, 1.54) is 0 Å². The van der Waals surface area contributed by atoms with E-state index >= 15 is 0 Å². The van der Waals surface area contributed by atoms with Gasteiger partial charge in [-0.25, -0.2) is 0 Å². The fourth-order valence-corrected chi connectivity index (χ4v) is 7.04. The van der Waals surface area contributed by atoms with Crippen molar-refractivity contribution >= 4 is 58.2 Å². The van der Waals surface area contributed by atoms with Gasteiger partial charge in [0.15, 0.2) is 0 Å². The second kappa shape index (κ2) is 17.4. The molecular formula is C38H38Cl4N2O6. The molecule has 2 heterocycles. The van der Waals surface area contributed by atoms with Crippen molar-refractivity contribution in [1.29, 1.82) is 0 Å². The molecule has 0 spiro atoms. The number of amides is 2. The van der Waals surface area contributed by atoms with E-state index in [1.54, 1.807) is 46.2 Å². The first-order valence-electron chi connectivity index (χ1n) is 16.1. The Morgan fingerprint density at radius 1 is 0.580 bits per heavy atom. The van der Waals surface area contributed by atoms with Gasteiger partial charge in [0.1, 0.15) is 25.4 Å². The minimum Gasteiger partial charge on any atom is -0.394 e. The minimum atomic E-state index is -0.383. The lowest BCUT2D eigenvalue weighted by Gasteiger charge is -2.44. The van der Waals surface area contributed by atoms with Crippen molar-refractivity contribution in [1.82, 2.24) is 9.80 Å². The van der Waals surface area contributed by atoms with Crippen molar-refractivity contribution < 1.29 is 29.3 Å². The Balaban J connectivity index is 0.000000194. The van der Waals surface area contributed by atoms with Crippen LogP contribution in [0.4, 0.5) is 0 Å². The second-order valence-corrected chi connectivity index (χ2v) is 14.0. The van der Waals surface area contributed by atoms with Crippen molar-refractivity contribution in [3.63, 3.8) is 0 Å². The van der Waals surface area contributed by atoms with Gasteiger partial charge in [-0.05, 0) is 84.6 Å². The van der Waals surface area contributed by atoms with Gasteiger partial charge in [-0.3, -0.25) is 9.59 Å². The third-order valence-electron chi connectivity index (χ3n) is 8.78. The Labute approximate surface area is 312 Å². The molecule has 4 aromatic carbocycles. The third-order valence-corrected chi connectivity index (χ3v) is 9.75. The van der Waals surface area contributed by atoms with Crippen LogP contribution in [0, 0.1) is 0 Å². The van der Waals surface area contributed by atoms with E-state index in [-0.39, 0.29) is 74.6 Å². The zero-order valence-corrected chi connectivity index (χ0v) is 30.5. The molecule has 0 bridgehead atoms. The predicted molar refractivity (Wildman–Crippen MR) is 195 cm³/mol. The molecule has 1 unspecified atom stereocenters. The maximum Gasteiger partial charge on any atom is 0.249 e. The molecule has 264 valence electrons. The van der Waals surface area contributed by atoms with Crippen LogP contribution in [0.1, 0.15) is 60.4 Å². The number of morpholine rings is 2. The van der Waals surface area contributed by atoms with Crippen molar-refractivity contribution in [3.8, 4) is 0 Å². The van der Waals surface area contributed by atoms with Gasteiger partial charge in [-0.15, -0.1) is 0 Å². The highest BCUT2D eigenvalue weighted by atomic mass is 35.5. The molecule has 2 aliphatic rings. The monoisotopic (exact) mass is 758 g/mol. The highest BCUT2D eigenvalue weighted by Crippen LogP contribution is 2.43. The number of ether oxygens (including phenoxy) is 2. The quantitative estimate of drug-likeness (QED) is 0.189. The van der Waals surface area contributed by atoms with Crippen LogP contribution in [0.5, 0.6) is 0 Å². The van der Waals surface area contributed by atoms with Crippen LogP contribution >= 0.6 is 46.4 Å². The molecule has 2 aliphatic heterocycles. The van der Waals surface area contributed by atoms with E-state index in [2.05, 4.69) is 0 Å². The summed E-state index contributed by atoms with van der Waals surface area (Å²) in [6, 6.07) is 28.1. The van der Waals surface area contributed by atoms with Crippen LogP contribution in [0.3, 0.4) is 0 Å². The summed E-state index contributed by atoms with van der Waals surface area (Å²) in [7, 11) is 0. The Morgan fingerprint density at radius 2 is 0.940 bits per heavy atom. The Hall–Kier alpha value is -3.18. The number of carbonyl (C=O) groups excluding carboxylic acids is 2. The van der Waals surface area contributed by atoms with E-state index in [4.69, 9.17) is 55.9 Å². The topological polar surface area (TPSA) is 99.5 Å². The summed E-state index contributed by atoms with van der Waals surface area (Å²) >= 11 is 24.3. The van der Waals surface area contributed by atoms with Crippen molar-refractivity contribution in [2.45, 2.75) is 50.2 Å². The Kier molecular flexibility index (Phi) is 13.2. The first-order chi connectivity index (χ1) is 24.0. The van der Waals surface area contributed by atoms with Crippen molar-refractivity contribution in [2.24, 2.45) is 0 Å². The third kappa shape index (κ3) is 8.81. The molecule has 12 heteroatoms. The van der Waals surface area contributed by atoms with Crippen molar-refractivity contribution in [3.05, 3.63) is 139 Å². The van der Waals surface area contributed by atoms with E-state index in [0.29, 0.717) is 20.1 Å². The number of carbonyl (C=O) groups is 2. The molecule has 0 aromatic heterocycles. The van der Waals surface area contributed by atoms with Gasteiger partial charge in [0.25, 0.3) is 0 Å². The van der Waals surface area contributed by atoms with Gasteiger partial charge in [-0.1, -0.05) is 94.9 Å². The number of aliphatic hydroxyl groups is 2. The van der Waals surface area contributed by atoms with Crippen molar-refractivity contribution in [2.75, 3.05) is 26.4 Å². The van der Waals surface area contributed by atoms with Gasteiger partial charge in [0.05, 0.1) is 37.4 Å². The van der Waals surface area contributed by atoms with Crippen LogP contribution < -0.4 is 0 Å². The normalized spacial score (nSPS) is 22.1. The zero-order chi connectivity index (χ0) is 35.9. The smallest absolute Gasteiger partial charge is 0.249 e.